The average Bonchev–Trinajstić information content (AvgIpc) is 2.51. The van der Waals surface area contributed by atoms with Crippen molar-refractivity contribution in [2.45, 2.75) is 32.3 Å². The van der Waals surface area contributed by atoms with Gasteiger partial charge >= 0.3 is 0 Å². The zero-order chi connectivity index (χ0) is 16.9. The van der Waals surface area contributed by atoms with Crippen LogP contribution in [0.15, 0.2) is 48.7 Å². The Bertz CT molecular complexity index is 603. The first-order valence-electron chi connectivity index (χ1n) is 8.16. The third-order valence-corrected chi connectivity index (χ3v) is 3.83. The van der Waals surface area contributed by atoms with Gasteiger partial charge in [-0.3, -0.25) is 4.98 Å². The van der Waals surface area contributed by atoms with E-state index in [2.05, 4.69) is 69.0 Å². The highest BCUT2D eigenvalue weighted by molar-refractivity contribution is 5.38. The third-order valence-electron chi connectivity index (χ3n) is 3.83. The topological polar surface area (TPSA) is 25.4 Å². The number of ether oxygens (including phenoxy) is 1. The fourth-order valence-electron chi connectivity index (χ4n) is 2.63. The van der Waals surface area contributed by atoms with E-state index in [9.17, 15) is 0 Å². The Morgan fingerprint density at radius 2 is 1.74 bits per heavy atom. The maximum atomic E-state index is 6.26. The van der Waals surface area contributed by atoms with Crippen LogP contribution in [0.3, 0.4) is 0 Å². The van der Waals surface area contributed by atoms with Crippen LogP contribution < -0.4 is 0 Å². The van der Waals surface area contributed by atoms with Gasteiger partial charge in [-0.1, -0.05) is 51.1 Å². The van der Waals surface area contributed by atoms with Gasteiger partial charge in [0.15, 0.2) is 0 Å². The minimum atomic E-state index is -0.133. The minimum absolute atomic E-state index is 0.0640. The van der Waals surface area contributed by atoms with Crippen molar-refractivity contribution in [1.82, 2.24) is 9.88 Å². The molecular formula is C20H28N2O. The third kappa shape index (κ3) is 4.88. The molecule has 23 heavy (non-hydrogen) atoms. The molecule has 0 spiro atoms. The van der Waals surface area contributed by atoms with Crippen molar-refractivity contribution in [3.8, 4) is 0 Å². The SMILES string of the molecule is CN(C)CCOC(c1ccccn1)c1ccccc1C(C)(C)C. The molecule has 0 fully saturated rings. The van der Waals surface area contributed by atoms with Crippen molar-refractivity contribution in [3.05, 3.63) is 65.5 Å². The van der Waals surface area contributed by atoms with Gasteiger partial charge in [0.2, 0.25) is 0 Å². The van der Waals surface area contributed by atoms with Crippen LogP contribution in [0.5, 0.6) is 0 Å². The molecule has 2 rings (SSSR count). The monoisotopic (exact) mass is 312 g/mol. The molecule has 0 radical (unpaired) electrons. The predicted molar refractivity (Wildman–Crippen MR) is 95.7 cm³/mol. The van der Waals surface area contributed by atoms with E-state index < -0.39 is 0 Å². The molecule has 3 heteroatoms. The van der Waals surface area contributed by atoms with Crippen LogP contribution in [0.1, 0.15) is 43.7 Å². The Balaban J connectivity index is 2.38. The summed E-state index contributed by atoms with van der Waals surface area (Å²) >= 11 is 0. The molecular weight excluding hydrogens is 284 g/mol. The molecule has 0 N–H and O–H groups in total. The van der Waals surface area contributed by atoms with E-state index in [0.717, 1.165) is 12.2 Å². The van der Waals surface area contributed by atoms with Crippen molar-refractivity contribution in [2.75, 3.05) is 27.2 Å². The molecule has 0 saturated carbocycles. The van der Waals surface area contributed by atoms with Crippen molar-refractivity contribution in [2.24, 2.45) is 0 Å². The Labute approximate surface area is 140 Å². The Hall–Kier alpha value is -1.71. The van der Waals surface area contributed by atoms with E-state index in [1.165, 1.54) is 11.1 Å². The maximum Gasteiger partial charge on any atom is 0.125 e. The molecule has 3 nitrogen and oxygen atoms in total. The zero-order valence-electron chi connectivity index (χ0n) is 14.9. The standard InChI is InChI=1S/C20H28N2O/c1-20(2,3)17-11-7-6-10-16(17)19(23-15-14-22(4)5)18-12-8-9-13-21-18/h6-13,19H,14-15H2,1-5H3. The molecule has 0 aliphatic heterocycles. The lowest BCUT2D eigenvalue weighted by atomic mass is 9.82. The summed E-state index contributed by atoms with van der Waals surface area (Å²) < 4.78 is 6.26. The first-order chi connectivity index (χ1) is 10.9. The molecule has 0 amide bonds. The molecule has 0 saturated heterocycles. The second kappa shape index (κ2) is 7.71. The van der Waals surface area contributed by atoms with Crippen molar-refractivity contribution in [3.63, 3.8) is 0 Å². The largest absolute Gasteiger partial charge is 0.366 e. The van der Waals surface area contributed by atoms with Crippen LogP contribution in [-0.2, 0) is 10.2 Å². The lowest BCUT2D eigenvalue weighted by Gasteiger charge is -2.27. The maximum absolute atomic E-state index is 6.26. The van der Waals surface area contributed by atoms with Crippen LogP contribution in [0.4, 0.5) is 0 Å². The number of aromatic nitrogens is 1. The molecule has 1 aromatic heterocycles. The number of rotatable bonds is 6. The van der Waals surface area contributed by atoms with Crippen molar-refractivity contribution in [1.29, 1.82) is 0 Å². The lowest BCUT2D eigenvalue weighted by Crippen LogP contribution is -2.22. The van der Waals surface area contributed by atoms with E-state index >= 15 is 0 Å². The van der Waals surface area contributed by atoms with Gasteiger partial charge in [-0.05, 0) is 42.8 Å². The summed E-state index contributed by atoms with van der Waals surface area (Å²) in [5.74, 6) is 0. The van der Waals surface area contributed by atoms with Gasteiger partial charge in [-0.15, -0.1) is 0 Å². The van der Waals surface area contributed by atoms with Crippen molar-refractivity contribution >= 4 is 0 Å². The first kappa shape index (κ1) is 17.6. The highest BCUT2D eigenvalue weighted by Gasteiger charge is 2.24. The summed E-state index contributed by atoms with van der Waals surface area (Å²) in [7, 11) is 4.12. The number of hydrogen-bond acceptors (Lipinski definition) is 3. The second-order valence-electron chi connectivity index (χ2n) is 7.15. The lowest BCUT2D eigenvalue weighted by molar-refractivity contribution is 0.0651. The molecule has 1 heterocycles. The molecule has 0 aliphatic carbocycles. The van der Waals surface area contributed by atoms with E-state index in [1.807, 2.05) is 24.4 Å². The summed E-state index contributed by atoms with van der Waals surface area (Å²) in [6, 6.07) is 14.5. The summed E-state index contributed by atoms with van der Waals surface area (Å²) in [4.78, 5) is 6.67. The molecule has 124 valence electrons. The van der Waals surface area contributed by atoms with E-state index in [0.29, 0.717) is 6.61 Å². The van der Waals surface area contributed by atoms with E-state index in [4.69, 9.17) is 4.74 Å². The second-order valence-corrected chi connectivity index (χ2v) is 7.15. The quantitative estimate of drug-likeness (QED) is 0.805. The Kier molecular flexibility index (Phi) is 5.91. The summed E-state index contributed by atoms with van der Waals surface area (Å²) in [6.45, 7) is 8.27. The average molecular weight is 312 g/mol. The highest BCUT2D eigenvalue weighted by Crippen LogP contribution is 2.34. The number of benzene rings is 1. The Morgan fingerprint density at radius 1 is 1.04 bits per heavy atom. The normalized spacial score (nSPS) is 13.3. The fourth-order valence-corrected chi connectivity index (χ4v) is 2.63. The molecule has 0 aliphatic rings. The summed E-state index contributed by atoms with van der Waals surface area (Å²) in [5, 5.41) is 0. The van der Waals surface area contributed by atoms with Crippen LogP contribution in [0.2, 0.25) is 0 Å². The number of pyridine rings is 1. The zero-order valence-corrected chi connectivity index (χ0v) is 14.9. The van der Waals surface area contributed by atoms with E-state index in [-0.39, 0.29) is 11.5 Å². The molecule has 1 aromatic carbocycles. The van der Waals surface area contributed by atoms with Crippen LogP contribution in [0, 0.1) is 0 Å². The Morgan fingerprint density at radius 3 is 2.35 bits per heavy atom. The van der Waals surface area contributed by atoms with Gasteiger partial charge in [0.1, 0.15) is 6.10 Å². The van der Waals surface area contributed by atoms with Crippen LogP contribution in [0.25, 0.3) is 0 Å². The smallest absolute Gasteiger partial charge is 0.125 e. The molecule has 0 bridgehead atoms. The van der Waals surface area contributed by atoms with Crippen LogP contribution >= 0.6 is 0 Å². The van der Waals surface area contributed by atoms with Gasteiger partial charge in [-0.25, -0.2) is 0 Å². The van der Waals surface area contributed by atoms with Gasteiger partial charge < -0.3 is 9.64 Å². The molecule has 2 aromatic rings. The van der Waals surface area contributed by atoms with Gasteiger partial charge in [-0.2, -0.15) is 0 Å². The molecule has 1 unspecified atom stereocenters. The van der Waals surface area contributed by atoms with Gasteiger partial charge in [0.25, 0.3) is 0 Å². The highest BCUT2D eigenvalue weighted by atomic mass is 16.5. The van der Waals surface area contributed by atoms with Gasteiger partial charge in [0.05, 0.1) is 12.3 Å². The number of hydrogen-bond donors (Lipinski definition) is 0. The summed E-state index contributed by atoms with van der Waals surface area (Å²) in [5.41, 5.74) is 3.54. The van der Waals surface area contributed by atoms with Crippen molar-refractivity contribution < 1.29 is 4.74 Å². The fraction of sp³-hybridized carbons (Fsp3) is 0.450. The number of likely N-dealkylation sites (N-methyl/N-ethyl adjacent to an activating group) is 1. The minimum Gasteiger partial charge on any atom is -0.366 e. The number of nitrogens with zero attached hydrogens (tertiary/aromatic N) is 2. The predicted octanol–water partition coefficient (Wildman–Crippen LogP) is 4.05. The van der Waals surface area contributed by atoms with E-state index in [1.54, 1.807) is 0 Å². The summed E-state index contributed by atoms with van der Waals surface area (Å²) in [6.07, 6.45) is 1.70. The van der Waals surface area contributed by atoms with Gasteiger partial charge in [0, 0.05) is 12.7 Å². The van der Waals surface area contributed by atoms with Crippen LogP contribution in [-0.4, -0.2) is 37.1 Å². The molecule has 1 atom stereocenters. The first-order valence-corrected chi connectivity index (χ1v) is 8.16.